The van der Waals surface area contributed by atoms with Crippen molar-refractivity contribution in [2.75, 3.05) is 11.4 Å². The zero-order chi connectivity index (χ0) is 12.5. The molecule has 92 valence electrons. The van der Waals surface area contributed by atoms with Gasteiger partial charge in [-0.3, -0.25) is 4.79 Å². The molecule has 1 aromatic heterocycles. The number of nitrogens with zero attached hydrogens (tertiary/aromatic N) is 2. The minimum absolute atomic E-state index is 0.203. The van der Waals surface area contributed by atoms with Gasteiger partial charge in [-0.15, -0.1) is 0 Å². The Labute approximate surface area is 98.3 Å². The number of hydrogen-bond acceptors (Lipinski definition) is 4. The van der Waals surface area contributed by atoms with Crippen LogP contribution in [0.25, 0.3) is 0 Å². The van der Waals surface area contributed by atoms with Gasteiger partial charge in [-0.05, 0) is 19.3 Å². The van der Waals surface area contributed by atoms with Crippen LogP contribution in [0.15, 0.2) is 17.2 Å². The molecule has 0 bridgehead atoms. The van der Waals surface area contributed by atoms with E-state index in [4.69, 9.17) is 0 Å². The Bertz CT molecular complexity index is 485. The zero-order valence-corrected chi connectivity index (χ0v) is 9.64. The Hall–Kier alpha value is -1.85. The number of nitrogens with one attached hydrogen (secondary N) is 1. The third kappa shape index (κ3) is 1.69. The molecule has 0 radical (unpaired) electrons. The standard InChI is InChI=1S/C11H15N3O3/c1-2-11(10(16)17)4-3-7-14(11)8-9(15)13-6-5-12-8/h5-6H,2-4,7H2,1H3,(H,13,15)(H,16,17). The summed E-state index contributed by atoms with van der Waals surface area (Å²) in [4.78, 5) is 31.3. The lowest BCUT2D eigenvalue weighted by atomic mass is 9.93. The molecule has 6 heteroatoms. The first-order chi connectivity index (χ1) is 8.12. The number of carbonyl (C=O) groups is 1. The second-order valence-corrected chi connectivity index (χ2v) is 4.19. The molecule has 1 saturated heterocycles. The Morgan fingerprint density at radius 3 is 3.06 bits per heavy atom. The topological polar surface area (TPSA) is 86.3 Å². The summed E-state index contributed by atoms with van der Waals surface area (Å²) >= 11 is 0. The highest BCUT2D eigenvalue weighted by Crippen LogP contribution is 2.34. The minimum Gasteiger partial charge on any atom is -0.479 e. The van der Waals surface area contributed by atoms with Crippen molar-refractivity contribution in [3.05, 3.63) is 22.7 Å². The van der Waals surface area contributed by atoms with Gasteiger partial charge in [0, 0.05) is 18.9 Å². The summed E-state index contributed by atoms with van der Waals surface area (Å²) in [6.45, 7) is 2.38. The number of hydrogen-bond donors (Lipinski definition) is 2. The van der Waals surface area contributed by atoms with Crippen molar-refractivity contribution in [1.82, 2.24) is 9.97 Å². The van der Waals surface area contributed by atoms with Crippen LogP contribution in [0.5, 0.6) is 0 Å². The Balaban J connectivity index is 2.48. The number of anilines is 1. The van der Waals surface area contributed by atoms with E-state index in [9.17, 15) is 14.7 Å². The predicted octanol–water partition coefficient (Wildman–Crippen LogP) is 0.603. The number of carboxylic acids is 1. The molecule has 1 aromatic rings. The summed E-state index contributed by atoms with van der Waals surface area (Å²) in [6, 6.07) is 0. The summed E-state index contributed by atoms with van der Waals surface area (Å²) in [5.74, 6) is -0.684. The first-order valence-corrected chi connectivity index (χ1v) is 5.66. The SMILES string of the molecule is CCC1(C(=O)O)CCCN1c1ncc[nH]c1=O. The summed E-state index contributed by atoms with van der Waals surface area (Å²) in [5, 5.41) is 9.40. The van der Waals surface area contributed by atoms with E-state index in [0.717, 1.165) is 6.42 Å². The van der Waals surface area contributed by atoms with Crippen molar-refractivity contribution < 1.29 is 9.90 Å². The van der Waals surface area contributed by atoms with Crippen LogP contribution in [0.2, 0.25) is 0 Å². The average Bonchev–Trinajstić information content (AvgIpc) is 2.74. The predicted molar refractivity (Wildman–Crippen MR) is 62.1 cm³/mol. The van der Waals surface area contributed by atoms with E-state index >= 15 is 0 Å². The maximum absolute atomic E-state index is 11.7. The van der Waals surface area contributed by atoms with Crippen molar-refractivity contribution in [3.8, 4) is 0 Å². The highest BCUT2D eigenvalue weighted by Gasteiger charge is 2.47. The van der Waals surface area contributed by atoms with Crippen LogP contribution >= 0.6 is 0 Å². The van der Waals surface area contributed by atoms with E-state index in [0.29, 0.717) is 19.4 Å². The molecular formula is C11H15N3O3. The normalized spacial score (nSPS) is 23.9. The molecule has 1 aliphatic rings. The fourth-order valence-electron chi connectivity index (χ4n) is 2.46. The van der Waals surface area contributed by atoms with Gasteiger partial charge < -0.3 is 15.0 Å². The van der Waals surface area contributed by atoms with Gasteiger partial charge in [0.1, 0.15) is 5.54 Å². The smallest absolute Gasteiger partial charge is 0.329 e. The van der Waals surface area contributed by atoms with E-state index in [1.54, 1.807) is 4.90 Å². The van der Waals surface area contributed by atoms with Crippen LogP contribution in [-0.2, 0) is 4.79 Å². The van der Waals surface area contributed by atoms with Crippen LogP contribution in [0.4, 0.5) is 5.82 Å². The Kier molecular flexibility index (Phi) is 2.87. The lowest BCUT2D eigenvalue weighted by Crippen LogP contribution is -2.52. The summed E-state index contributed by atoms with van der Waals surface area (Å²) < 4.78 is 0. The van der Waals surface area contributed by atoms with Gasteiger partial charge in [-0.1, -0.05) is 6.92 Å². The molecule has 0 spiro atoms. The average molecular weight is 237 g/mol. The van der Waals surface area contributed by atoms with Crippen molar-refractivity contribution in [2.24, 2.45) is 0 Å². The van der Waals surface area contributed by atoms with Crippen LogP contribution in [0.1, 0.15) is 26.2 Å². The van der Waals surface area contributed by atoms with Gasteiger partial charge >= 0.3 is 5.97 Å². The lowest BCUT2D eigenvalue weighted by molar-refractivity contribution is -0.143. The first kappa shape index (κ1) is 11.6. The number of aromatic amines is 1. The van der Waals surface area contributed by atoms with Crippen molar-refractivity contribution in [3.63, 3.8) is 0 Å². The summed E-state index contributed by atoms with van der Waals surface area (Å²) in [7, 11) is 0. The van der Waals surface area contributed by atoms with Gasteiger partial charge in [-0.25, -0.2) is 9.78 Å². The molecule has 0 amide bonds. The van der Waals surface area contributed by atoms with E-state index < -0.39 is 11.5 Å². The third-order valence-corrected chi connectivity index (χ3v) is 3.42. The number of carboxylic acid groups (broad SMARTS) is 1. The number of H-pyrrole nitrogens is 1. The van der Waals surface area contributed by atoms with Crippen LogP contribution in [0.3, 0.4) is 0 Å². The van der Waals surface area contributed by atoms with E-state index in [1.165, 1.54) is 12.4 Å². The molecule has 2 N–H and O–H groups in total. The van der Waals surface area contributed by atoms with Crippen molar-refractivity contribution in [2.45, 2.75) is 31.7 Å². The first-order valence-electron chi connectivity index (χ1n) is 5.66. The third-order valence-electron chi connectivity index (χ3n) is 3.42. The fraction of sp³-hybridized carbons (Fsp3) is 0.545. The van der Waals surface area contributed by atoms with Crippen molar-refractivity contribution >= 4 is 11.8 Å². The lowest BCUT2D eigenvalue weighted by Gasteiger charge is -2.33. The van der Waals surface area contributed by atoms with Crippen LogP contribution in [-0.4, -0.2) is 33.1 Å². The van der Waals surface area contributed by atoms with Crippen LogP contribution in [0, 0.1) is 0 Å². The molecule has 2 heterocycles. The second-order valence-electron chi connectivity index (χ2n) is 4.19. The molecule has 6 nitrogen and oxygen atoms in total. The molecular weight excluding hydrogens is 222 g/mol. The summed E-state index contributed by atoms with van der Waals surface area (Å²) in [5.41, 5.74) is -1.32. The summed E-state index contributed by atoms with van der Waals surface area (Å²) in [6.07, 6.45) is 4.68. The highest BCUT2D eigenvalue weighted by atomic mass is 16.4. The molecule has 0 aromatic carbocycles. The van der Waals surface area contributed by atoms with Gasteiger partial charge in [0.25, 0.3) is 5.56 Å². The minimum atomic E-state index is -0.985. The van der Waals surface area contributed by atoms with E-state index in [-0.39, 0.29) is 11.4 Å². The van der Waals surface area contributed by atoms with Crippen molar-refractivity contribution in [1.29, 1.82) is 0 Å². The fourth-order valence-corrected chi connectivity index (χ4v) is 2.46. The molecule has 1 fully saturated rings. The maximum atomic E-state index is 11.7. The molecule has 1 aliphatic heterocycles. The number of rotatable bonds is 3. The highest BCUT2D eigenvalue weighted by molar-refractivity contribution is 5.83. The van der Waals surface area contributed by atoms with Gasteiger partial charge in [0.2, 0.25) is 0 Å². The van der Waals surface area contributed by atoms with Crippen LogP contribution < -0.4 is 10.5 Å². The van der Waals surface area contributed by atoms with Gasteiger partial charge in [0.15, 0.2) is 5.82 Å². The Morgan fingerprint density at radius 1 is 1.71 bits per heavy atom. The quantitative estimate of drug-likeness (QED) is 0.804. The number of aromatic nitrogens is 2. The molecule has 2 rings (SSSR count). The molecule has 17 heavy (non-hydrogen) atoms. The molecule has 0 saturated carbocycles. The molecule has 0 aliphatic carbocycles. The Morgan fingerprint density at radius 2 is 2.47 bits per heavy atom. The molecule has 1 unspecified atom stereocenters. The van der Waals surface area contributed by atoms with E-state index in [2.05, 4.69) is 9.97 Å². The maximum Gasteiger partial charge on any atom is 0.329 e. The zero-order valence-electron chi connectivity index (χ0n) is 9.64. The monoisotopic (exact) mass is 237 g/mol. The number of aliphatic carboxylic acids is 1. The van der Waals surface area contributed by atoms with Gasteiger partial charge in [0.05, 0.1) is 0 Å². The second kappa shape index (κ2) is 4.20. The largest absolute Gasteiger partial charge is 0.479 e. The van der Waals surface area contributed by atoms with Gasteiger partial charge in [-0.2, -0.15) is 0 Å². The molecule has 1 atom stereocenters. The van der Waals surface area contributed by atoms with E-state index in [1.807, 2.05) is 6.92 Å².